The fourth-order valence-electron chi connectivity index (χ4n) is 1.35. The van der Waals surface area contributed by atoms with E-state index in [4.69, 9.17) is 6.42 Å². The van der Waals surface area contributed by atoms with Crippen LogP contribution in [0.25, 0.3) is 0 Å². The van der Waals surface area contributed by atoms with Gasteiger partial charge in [-0.1, -0.05) is 12.8 Å². The van der Waals surface area contributed by atoms with Crippen molar-refractivity contribution >= 4 is 0 Å². The quantitative estimate of drug-likeness (QED) is 0.764. The molecule has 0 saturated carbocycles. The molecule has 2 nitrogen and oxygen atoms in total. The van der Waals surface area contributed by atoms with E-state index < -0.39 is 0 Å². The maximum atomic E-state index is 12.9. The number of halogens is 1. The van der Waals surface area contributed by atoms with Gasteiger partial charge in [-0.15, -0.1) is 6.42 Å². The third-order valence-electron chi connectivity index (χ3n) is 2.29. The van der Waals surface area contributed by atoms with Crippen LogP contribution in [-0.2, 0) is 0 Å². The molecule has 0 radical (unpaired) electrons. The summed E-state index contributed by atoms with van der Waals surface area (Å²) in [6.07, 6.45) is 9.02. The van der Waals surface area contributed by atoms with Crippen LogP contribution in [0.15, 0.2) is 18.5 Å². The molecule has 0 aliphatic carbocycles. The molecule has 0 amide bonds. The zero-order valence-corrected chi connectivity index (χ0v) is 9.00. The van der Waals surface area contributed by atoms with E-state index in [0.717, 1.165) is 12.0 Å². The van der Waals surface area contributed by atoms with Crippen LogP contribution >= 0.6 is 0 Å². The maximum Gasteiger partial charge on any atom is 0.141 e. The topological polar surface area (TPSA) is 24.9 Å². The molecule has 0 saturated heterocycles. The van der Waals surface area contributed by atoms with Crippen LogP contribution in [0.2, 0.25) is 0 Å². The van der Waals surface area contributed by atoms with Crippen molar-refractivity contribution in [2.75, 3.05) is 0 Å². The fourth-order valence-corrected chi connectivity index (χ4v) is 1.35. The molecule has 0 aromatic carbocycles. The van der Waals surface area contributed by atoms with Crippen molar-refractivity contribution in [2.24, 2.45) is 0 Å². The van der Waals surface area contributed by atoms with Gasteiger partial charge in [0.1, 0.15) is 5.82 Å². The lowest BCUT2D eigenvalue weighted by Gasteiger charge is -2.18. The number of nitrogens with zero attached hydrogens (tertiary/aromatic N) is 1. The van der Waals surface area contributed by atoms with Gasteiger partial charge in [0.25, 0.3) is 0 Å². The maximum absolute atomic E-state index is 12.9. The fraction of sp³-hybridized carbons (Fsp3) is 0.417. The van der Waals surface area contributed by atoms with Crippen molar-refractivity contribution in [2.45, 2.75) is 32.4 Å². The Balaban J connectivity index is 2.69. The van der Waals surface area contributed by atoms with Crippen LogP contribution in [0.4, 0.5) is 4.39 Å². The lowest BCUT2D eigenvalue weighted by atomic mass is 10.1. The molecule has 80 valence electrons. The smallest absolute Gasteiger partial charge is 0.141 e. The average molecular weight is 206 g/mol. The summed E-state index contributed by atoms with van der Waals surface area (Å²) in [5.74, 6) is 2.32. The number of nitrogens with one attached hydrogen (secondary N) is 1. The molecule has 15 heavy (non-hydrogen) atoms. The Kier molecular flexibility index (Phi) is 4.26. The molecular formula is C12H15FN2. The van der Waals surface area contributed by atoms with E-state index in [1.165, 1.54) is 12.3 Å². The lowest BCUT2D eigenvalue weighted by Crippen LogP contribution is -2.29. The first kappa shape index (κ1) is 11.7. The Morgan fingerprint density at radius 3 is 2.87 bits per heavy atom. The highest BCUT2D eigenvalue weighted by molar-refractivity contribution is 5.15. The number of terminal acetylenes is 1. The summed E-state index contributed by atoms with van der Waals surface area (Å²) in [6, 6.07) is 1.49. The monoisotopic (exact) mass is 206 g/mol. The number of pyridine rings is 1. The summed E-state index contributed by atoms with van der Waals surface area (Å²) in [6.45, 7) is 3.95. The molecule has 0 aliphatic heterocycles. The zero-order chi connectivity index (χ0) is 11.3. The van der Waals surface area contributed by atoms with Crippen LogP contribution in [-0.4, -0.2) is 11.0 Å². The van der Waals surface area contributed by atoms with E-state index >= 15 is 0 Å². The van der Waals surface area contributed by atoms with Gasteiger partial charge in [-0.2, -0.15) is 0 Å². The predicted octanol–water partition coefficient (Wildman–Crippen LogP) is 2.28. The minimum atomic E-state index is -0.324. The van der Waals surface area contributed by atoms with Gasteiger partial charge in [-0.3, -0.25) is 10.3 Å². The minimum Gasteiger partial charge on any atom is -0.297 e. The van der Waals surface area contributed by atoms with Gasteiger partial charge < -0.3 is 0 Å². The zero-order valence-electron chi connectivity index (χ0n) is 9.00. The van der Waals surface area contributed by atoms with Gasteiger partial charge >= 0.3 is 0 Å². The van der Waals surface area contributed by atoms with E-state index in [0.29, 0.717) is 0 Å². The molecular weight excluding hydrogens is 191 g/mol. The molecule has 0 aliphatic rings. The largest absolute Gasteiger partial charge is 0.297 e. The van der Waals surface area contributed by atoms with Crippen LogP contribution in [0.1, 0.15) is 31.9 Å². The molecule has 1 aromatic heterocycles. The number of hydrogen-bond acceptors (Lipinski definition) is 2. The van der Waals surface area contributed by atoms with Gasteiger partial charge in [0.2, 0.25) is 0 Å². The Bertz CT molecular complexity index is 357. The van der Waals surface area contributed by atoms with E-state index in [1.54, 1.807) is 6.20 Å². The predicted molar refractivity (Wildman–Crippen MR) is 58.7 cm³/mol. The van der Waals surface area contributed by atoms with Crippen molar-refractivity contribution in [3.8, 4) is 12.3 Å². The van der Waals surface area contributed by atoms with Crippen molar-refractivity contribution in [3.05, 3.63) is 29.8 Å². The second-order valence-corrected chi connectivity index (χ2v) is 3.45. The molecule has 0 bridgehead atoms. The van der Waals surface area contributed by atoms with Crippen LogP contribution in [0, 0.1) is 18.2 Å². The van der Waals surface area contributed by atoms with Crippen molar-refractivity contribution in [1.29, 1.82) is 0 Å². The number of rotatable bonds is 4. The van der Waals surface area contributed by atoms with Crippen LogP contribution < -0.4 is 5.32 Å². The summed E-state index contributed by atoms with van der Waals surface area (Å²) in [7, 11) is 0. The van der Waals surface area contributed by atoms with Crippen LogP contribution in [0.3, 0.4) is 0 Å². The Morgan fingerprint density at radius 2 is 2.33 bits per heavy atom. The minimum absolute atomic E-state index is 0.00852. The molecule has 2 unspecified atom stereocenters. The van der Waals surface area contributed by atoms with Gasteiger partial charge in [0, 0.05) is 12.2 Å². The molecule has 2 atom stereocenters. The highest BCUT2D eigenvalue weighted by Crippen LogP contribution is 2.13. The summed E-state index contributed by atoms with van der Waals surface area (Å²) >= 11 is 0. The second-order valence-electron chi connectivity index (χ2n) is 3.45. The molecule has 1 rings (SSSR count). The Hall–Kier alpha value is -1.40. The average Bonchev–Trinajstić information content (AvgIpc) is 2.25. The first-order valence-electron chi connectivity index (χ1n) is 5.00. The van der Waals surface area contributed by atoms with Gasteiger partial charge in [-0.25, -0.2) is 4.39 Å². The molecule has 1 heterocycles. The second kappa shape index (κ2) is 5.47. The van der Waals surface area contributed by atoms with E-state index in [-0.39, 0.29) is 17.9 Å². The Morgan fingerprint density at radius 1 is 1.60 bits per heavy atom. The molecule has 0 fully saturated rings. The van der Waals surface area contributed by atoms with Crippen LogP contribution in [0.5, 0.6) is 0 Å². The standard InChI is InChI=1S/C12H15FN2/c1-4-12(5-2)15-9(3)10-6-11(13)8-14-7-10/h1,6-9,12,15H,5H2,2-3H3. The first-order chi connectivity index (χ1) is 7.17. The van der Waals surface area contributed by atoms with Crippen molar-refractivity contribution in [1.82, 2.24) is 10.3 Å². The number of aromatic nitrogens is 1. The van der Waals surface area contributed by atoms with Crippen molar-refractivity contribution < 1.29 is 4.39 Å². The highest BCUT2D eigenvalue weighted by Gasteiger charge is 2.10. The van der Waals surface area contributed by atoms with E-state index in [9.17, 15) is 4.39 Å². The summed E-state index contributed by atoms with van der Waals surface area (Å²) in [5.41, 5.74) is 0.809. The van der Waals surface area contributed by atoms with Gasteiger partial charge in [-0.05, 0) is 25.0 Å². The SMILES string of the molecule is C#CC(CC)NC(C)c1cncc(F)c1. The van der Waals surface area contributed by atoms with Gasteiger partial charge in [0.05, 0.1) is 12.2 Å². The Labute approximate surface area is 89.9 Å². The van der Waals surface area contributed by atoms with E-state index in [2.05, 4.69) is 16.2 Å². The molecule has 0 spiro atoms. The molecule has 1 aromatic rings. The summed E-state index contributed by atoms with van der Waals surface area (Å²) in [5, 5.41) is 3.22. The molecule has 3 heteroatoms. The first-order valence-corrected chi connectivity index (χ1v) is 5.00. The normalized spacial score (nSPS) is 14.3. The van der Waals surface area contributed by atoms with Crippen molar-refractivity contribution in [3.63, 3.8) is 0 Å². The molecule has 1 N–H and O–H groups in total. The van der Waals surface area contributed by atoms with E-state index in [1.807, 2.05) is 13.8 Å². The highest BCUT2D eigenvalue weighted by atomic mass is 19.1. The van der Waals surface area contributed by atoms with Gasteiger partial charge in [0.15, 0.2) is 0 Å². The lowest BCUT2D eigenvalue weighted by molar-refractivity contribution is 0.507. The third-order valence-corrected chi connectivity index (χ3v) is 2.29. The number of hydrogen-bond donors (Lipinski definition) is 1. The summed E-state index contributed by atoms with van der Waals surface area (Å²) in [4.78, 5) is 3.80. The summed E-state index contributed by atoms with van der Waals surface area (Å²) < 4.78 is 12.9. The third kappa shape index (κ3) is 3.34.